The van der Waals surface area contributed by atoms with Crippen LogP contribution in [-0.2, 0) is 25.7 Å². The van der Waals surface area contributed by atoms with Crippen LogP contribution in [0.1, 0.15) is 321 Å². The Kier molecular flexibility index (Phi) is 41.4. The van der Waals surface area contributed by atoms with Gasteiger partial charge in [-0.3, -0.25) is 4.99 Å². The van der Waals surface area contributed by atoms with Crippen LogP contribution in [0.2, 0.25) is 0 Å². The predicted molar refractivity (Wildman–Crippen MR) is 310 cm³/mol. The van der Waals surface area contributed by atoms with Gasteiger partial charge in [-0.05, 0) is 123 Å². The smallest absolute Gasteiger partial charge is 0.0848 e. The fourth-order valence-electron chi connectivity index (χ4n) is 10.0. The molecule has 0 N–H and O–H groups in total. The molecule has 0 saturated carbocycles. The van der Waals surface area contributed by atoms with Crippen LogP contribution in [0.25, 0.3) is 0 Å². The Morgan fingerprint density at radius 2 is 0.588 bits per heavy atom. The summed E-state index contributed by atoms with van der Waals surface area (Å²) in [4.78, 5) is 11.2. The van der Waals surface area contributed by atoms with E-state index in [2.05, 4.69) is 90.1 Å². The molecule has 0 aliphatic carbocycles. The maximum Gasteiger partial charge on any atom is 0.0848 e. The van der Waals surface area contributed by atoms with Gasteiger partial charge in [-0.15, -0.1) is 0 Å². The standard InChI is InChI=1S/C66H114N2/c1-7-13-19-20-21-22-23-24-25-26-27-28-29-30-31-32-33-34-35-36-37-38-39-40-46-52-66(68-64-57-61(49-43-16-10-4)54-62(58-64)50-44-17-11-5)65(51-45-18-12-6)67-63-55-59(47-41-14-8-2)53-60(56-63)48-42-15-9-3/h45,51,53-58H,7-44,46-50,52H2,1-6H3/b51-45+,67-65?,68-66?. The summed E-state index contributed by atoms with van der Waals surface area (Å²) in [7, 11) is 0. The Morgan fingerprint density at radius 1 is 0.309 bits per heavy atom. The van der Waals surface area contributed by atoms with Crippen molar-refractivity contribution in [2.75, 3.05) is 0 Å². The number of benzene rings is 2. The minimum absolute atomic E-state index is 0.986. The van der Waals surface area contributed by atoms with E-state index in [0.717, 1.165) is 62.0 Å². The maximum absolute atomic E-state index is 5.64. The lowest BCUT2D eigenvalue weighted by Crippen LogP contribution is -2.12. The molecule has 0 aromatic heterocycles. The van der Waals surface area contributed by atoms with E-state index in [1.54, 1.807) is 0 Å². The molecule has 0 amide bonds. The van der Waals surface area contributed by atoms with E-state index in [4.69, 9.17) is 9.98 Å². The Balaban J connectivity index is 2.02. The second-order valence-electron chi connectivity index (χ2n) is 21.3. The van der Waals surface area contributed by atoms with Gasteiger partial charge in [0.25, 0.3) is 0 Å². The molecule has 2 aromatic carbocycles. The number of hydrogen-bond donors (Lipinski definition) is 0. The quantitative estimate of drug-likeness (QED) is 0.0467. The van der Waals surface area contributed by atoms with Crippen molar-refractivity contribution < 1.29 is 0 Å². The largest absolute Gasteiger partial charge is 0.251 e. The topological polar surface area (TPSA) is 24.7 Å². The summed E-state index contributed by atoms with van der Waals surface area (Å²) < 4.78 is 0. The molecule has 0 radical (unpaired) electrons. The molecule has 2 heteroatoms. The lowest BCUT2D eigenvalue weighted by atomic mass is 9.99. The van der Waals surface area contributed by atoms with E-state index in [9.17, 15) is 0 Å². The first kappa shape index (κ1) is 61.6. The summed E-state index contributed by atoms with van der Waals surface area (Å²) in [5.74, 6) is 0. The van der Waals surface area contributed by atoms with Crippen molar-refractivity contribution in [1.29, 1.82) is 0 Å². The first-order valence-corrected chi connectivity index (χ1v) is 30.6. The second-order valence-corrected chi connectivity index (χ2v) is 21.3. The number of hydrogen-bond acceptors (Lipinski definition) is 2. The van der Waals surface area contributed by atoms with Crippen LogP contribution < -0.4 is 0 Å². The van der Waals surface area contributed by atoms with Gasteiger partial charge in [-0.1, -0.05) is 272 Å². The molecule has 0 unspecified atom stereocenters. The Labute approximate surface area is 425 Å². The summed E-state index contributed by atoms with van der Waals surface area (Å²) in [6.45, 7) is 13.8. The number of aliphatic imine (C=N–C) groups is 2. The molecule has 388 valence electrons. The molecule has 2 aromatic rings. The third-order valence-electron chi connectivity index (χ3n) is 14.4. The van der Waals surface area contributed by atoms with Crippen molar-refractivity contribution in [3.05, 3.63) is 70.8 Å². The molecule has 0 aliphatic rings. The van der Waals surface area contributed by atoms with Gasteiger partial charge in [-0.2, -0.15) is 0 Å². The molecular weight excluding hydrogens is 821 g/mol. The number of allylic oxidation sites excluding steroid dienone is 2. The Hall–Kier alpha value is -2.48. The highest BCUT2D eigenvalue weighted by molar-refractivity contribution is 6.47. The van der Waals surface area contributed by atoms with Gasteiger partial charge >= 0.3 is 0 Å². The van der Waals surface area contributed by atoms with Gasteiger partial charge in [0.2, 0.25) is 0 Å². The summed E-state index contributed by atoms with van der Waals surface area (Å²) in [5.41, 5.74) is 10.4. The van der Waals surface area contributed by atoms with Crippen molar-refractivity contribution in [2.45, 2.75) is 324 Å². The van der Waals surface area contributed by atoms with Crippen LogP contribution in [-0.4, -0.2) is 11.4 Å². The molecule has 0 atom stereocenters. The number of aryl methyl sites for hydroxylation is 4. The zero-order valence-electron chi connectivity index (χ0n) is 46.6. The zero-order valence-corrected chi connectivity index (χ0v) is 46.6. The van der Waals surface area contributed by atoms with Crippen molar-refractivity contribution in [2.24, 2.45) is 9.98 Å². The molecule has 2 rings (SSSR count). The first-order valence-electron chi connectivity index (χ1n) is 30.6. The van der Waals surface area contributed by atoms with E-state index in [0.29, 0.717) is 0 Å². The van der Waals surface area contributed by atoms with Crippen LogP contribution in [0.5, 0.6) is 0 Å². The summed E-state index contributed by atoms with van der Waals surface area (Å²) in [6.07, 6.45) is 63.3. The minimum Gasteiger partial charge on any atom is -0.251 e. The average Bonchev–Trinajstić information content (AvgIpc) is 3.33. The third kappa shape index (κ3) is 33.9. The Bertz CT molecular complexity index is 1470. The fourth-order valence-corrected chi connectivity index (χ4v) is 10.0. The molecule has 0 bridgehead atoms. The summed E-state index contributed by atoms with van der Waals surface area (Å²) in [6, 6.07) is 14.6. The lowest BCUT2D eigenvalue weighted by Gasteiger charge is -2.13. The number of unbranched alkanes of at least 4 members (excludes halogenated alkanes) is 33. The van der Waals surface area contributed by atoms with Crippen LogP contribution in [0.4, 0.5) is 11.4 Å². The molecule has 0 saturated heterocycles. The highest BCUT2D eigenvalue weighted by Crippen LogP contribution is 2.26. The van der Waals surface area contributed by atoms with Gasteiger partial charge in [0, 0.05) is 0 Å². The summed E-state index contributed by atoms with van der Waals surface area (Å²) >= 11 is 0. The van der Waals surface area contributed by atoms with E-state index in [1.165, 1.54) is 266 Å². The normalized spacial score (nSPS) is 12.3. The number of nitrogens with zero attached hydrogens (tertiary/aromatic N) is 2. The molecule has 0 fully saturated rings. The fraction of sp³-hybridized carbons (Fsp3) is 0.758. The zero-order chi connectivity index (χ0) is 48.8. The van der Waals surface area contributed by atoms with Crippen LogP contribution in [0, 0.1) is 0 Å². The number of rotatable bonds is 48. The molecule has 0 heterocycles. The van der Waals surface area contributed by atoms with Crippen LogP contribution >= 0.6 is 0 Å². The van der Waals surface area contributed by atoms with Crippen molar-refractivity contribution in [1.82, 2.24) is 0 Å². The molecule has 0 aliphatic heterocycles. The van der Waals surface area contributed by atoms with E-state index in [1.807, 2.05) is 0 Å². The molecular formula is C66H114N2. The van der Waals surface area contributed by atoms with Gasteiger partial charge in [0.15, 0.2) is 0 Å². The van der Waals surface area contributed by atoms with Crippen molar-refractivity contribution in [3.8, 4) is 0 Å². The van der Waals surface area contributed by atoms with Gasteiger partial charge in [0.05, 0.1) is 22.8 Å². The molecule has 2 nitrogen and oxygen atoms in total. The minimum atomic E-state index is 0.986. The van der Waals surface area contributed by atoms with Gasteiger partial charge in [0.1, 0.15) is 0 Å². The third-order valence-corrected chi connectivity index (χ3v) is 14.4. The lowest BCUT2D eigenvalue weighted by molar-refractivity contribution is 0.516. The first-order chi connectivity index (χ1) is 33.6. The van der Waals surface area contributed by atoms with Crippen molar-refractivity contribution in [3.63, 3.8) is 0 Å². The highest BCUT2D eigenvalue weighted by Gasteiger charge is 2.12. The highest BCUT2D eigenvalue weighted by atomic mass is 14.8. The monoisotopic (exact) mass is 935 g/mol. The van der Waals surface area contributed by atoms with Crippen LogP contribution in [0.15, 0.2) is 58.5 Å². The second kappa shape index (κ2) is 45.6. The van der Waals surface area contributed by atoms with Crippen molar-refractivity contribution >= 4 is 22.8 Å². The predicted octanol–water partition coefficient (Wildman–Crippen LogP) is 23.0. The van der Waals surface area contributed by atoms with Gasteiger partial charge < -0.3 is 0 Å². The SMILES string of the molecule is CCC/C=C/C(=Nc1cc(CCCCC)cc(CCCCC)c1)C(CCCCCCCCCCCCCCCCCCCCCCCCCCC)=Nc1cc(CCCCC)cc(CCCCC)c1. The van der Waals surface area contributed by atoms with E-state index >= 15 is 0 Å². The average molecular weight is 936 g/mol. The van der Waals surface area contributed by atoms with Gasteiger partial charge in [-0.25, -0.2) is 4.99 Å². The molecule has 68 heavy (non-hydrogen) atoms. The van der Waals surface area contributed by atoms with E-state index < -0.39 is 0 Å². The molecule has 0 spiro atoms. The van der Waals surface area contributed by atoms with Crippen LogP contribution in [0.3, 0.4) is 0 Å². The maximum atomic E-state index is 5.64. The Morgan fingerprint density at radius 3 is 0.897 bits per heavy atom. The van der Waals surface area contributed by atoms with E-state index in [-0.39, 0.29) is 0 Å². The summed E-state index contributed by atoms with van der Waals surface area (Å²) in [5, 5.41) is 0.